The van der Waals surface area contributed by atoms with E-state index in [1.165, 1.54) is 22.7 Å². The molecular formula is C32H34F4N6O5S. The molecule has 1 aliphatic heterocycles. The van der Waals surface area contributed by atoms with Crippen LogP contribution in [-0.2, 0) is 14.8 Å². The molecule has 0 radical (unpaired) electrons. The summed E-state index contributed by atoms with van der Waals surface area (Å²) in [7, 11) is -4.52. The molecule has 2 amide bonds. The zero-order valence-corrected chi connectivity index (χ0v) is 26.9. The number of rotatable bonds is 11. The fourth-order valence-electron chi connectivity index (χ4n) is 5.76. The van der Waals surface area contributed by atoms with Crippen LogP contribution < -0.4 is 11.1 Å². The van der Waals surface area contributed by atoms with Crippen molar-refractivity contribution in [3.8, 4) is 5.69 Å². The van der Waals surface area contributed by atoms with Crippen LogP contribution in [0.4, 0.5) is 23.2 Å². The summed E-state index contributed by atoms with van der Waals surface area (Å²) in [6.07, 6.45) is -2.72. The number of primary amides is 1. The molecule has 4 N–H and O–H groups in total. The molecule has 0 spiro atoms. The lowest BCUT2D eigenvalue weighted by Gasteiger charge is -2.35. The molecule has 5 rings (SSSR count). The summed E-state index contributed by atoms with van der Waals surface area (Å²) in [6.45, 7) is 0.575. The third-order valence-corrected chi connectivity index (χ3v) is 10.3. The van der Waals surface area contributed by atoms with Gasteiger partial charge in [-0.05, 0) is 79.9 Å². The predicted octanol–water partition coefficient (Wildman–Crippen LogP) is 3.98. The van der Waals surface area contributed by atoms with Gasteiger partial charge in [-0.2, -0.15) is 22.6 Å². The molecule has 48 heavy (non-hydrogen) atoms. The van der Waals surface area contributed by atoms with Crippen LogP contribution in [0.2, 0.25) is 0 Å². The lowest BCUT2D eigenvalue weighted by Crippen LogP contribution is -2.58. The summed E-state index contributed by atoms with van der Waals surface area (Å²) in [4.78, 5) is 26.1. The summed E-state index contributed by atoms with van der Waals surface area (Å²) in [5.74, 6) is -1.68. The number of sulfonamides is 1. The molecular weight excluding hydrogens is 656 g/mol. The first-order valence-electron chi connectivity index (χ1n) is 15.0. The van der Waals surface area contributed by atoms with Crippen molar-refractivity contribution in [1.29, 1.82) is 0 Å². The maximum Gasteiger partial charge on any atom is 0.420 e. The summed E-state index contributed by atoms with van der Waals surface area (Å²) >= 11 is 0. The average molecular weight is 691 g/mol. The number of fused-ring (bicyclic) bond motifs is 1. The summed E-state index contributed by atoms with van der Waals surface area (Å²) in [5.41, 5.74) is 4.01. The van der Waals surface area contributed by atoms with Crippen molar-refractivity contribution >= 4 is 38.4 Å². The second-order valence-corrected chi connectivity index (χ2v) is 13.6. The SMILES string of the molecule is CCN(CC(O)(CNc1cc(C)cc2c1cnn2-c1cccc(C(=O)N2CCC[C@@H]2C(N)=O)c1)C(F)(F)F)S(=O)(=O)c1ccc(F)cc1. The van der Waals surface area contributed by atoms with Crippen molar-refractivity contribution in [2.24, 2.45) is 5.73 Å². The normalized spacial score (nSPS) is 16.8. The lowest BCUT2D eigenvalue weighted by molar-refractivity contribution is -0.255. The fourth-order valence-corrected chi connectivity index (χ4v) is 7.26. The van der Waals surface area contributed by atoms with Crippen LogP contribution in [0.3, 0.4) is 0 Å². The van der Waals surface area contributed by atoms with E-state index in [-0.39, 0.29) is 11.6 Å². The number of aromatic nitrogens is 2. The Morgan fingerprint density at radius 2 is 1.83 bits per heavy atom. The number of hydrogen-bond donors (Lipinski definition) is 3. The third-order valence-electron chi connectivity index (χ3n) is 8.35. The Labute approximate surface area is 274 Å². The first-order valence-corrected chi connectivity index (χ1v) is 16.5. The molecule has 0 aliphatic carbocycles. The van der Waals surface area contributed by atoms with Crippen LogP contribution in [0.1, 0.15) is 35.7 Å². The third kappa shape index (κ3) is 6.73. The molecule has 11 nitrogen and oxygen atoms in total. The maximum absolute atomic E-state index is 14.4. The van der Waals surface area contributed by atoms with E-state index in [1.807, 2.05) is 0 Å². The molecule has 256 valence electrons. The van der Waals surface area contributed by atoms with Gasteiger partial charge in [0.1, 0.15) is 11.9 Å². The number of nitrogens with two attached hydrogens (primary N) is 1. The zero-order chi connectivity index (χ0) is 35.0. The first kappa shape index (κ1) is 34.8. The van der Waals surface area contributed by atoms with E-state index < -0.39 is 64.1 Å². The number of anilines is 1. The molecule has 1 saturated heterocycles. The number of alkyl halides is 3. The second kappa shape index (κ2) is 13.2. The number of hydrogen-bond acceptors (Lipinski definition) is 7. The highest BCUT2D eigenvalue weighted by atomic mass is 32.2. The van der Waals surface area contributed by atoms with Gasteiger partial charge in [0.25, 0.3) is 5.91 Å². The van der Waals surface area contributed by atoms with Gasteiger partial charge in [0.05, 0.1) is 35.4 Å². The highest BCUT2D eigenvalue weighted by Gasteiger charge is 2.55. The molecule has 0 bridgehead atoms. The van der Waals surface area contributed by atoms with E-state index in [4.69, 9.17) is 5.73 Å². The van der Waals surface area contributed by atoms with Crippen molar-refractivity contribution in [2.75, 3.05) is 31.5 Å². The number of amides is 2. The van der Waals surface area contributed by atoms with Gasteiger partial charge in [0, 0.05) is 29.7 Å². The number of nitrogens with one attached hydrogen (secondary N) is 1. The van der Waals surface area contributed by atoms with E-state index in [1.54, 1.807) is 43.3 Å². The van der Waals surface area contributed by atoms with Gasteiger partial charge in [0.2, 0.25) is 15.9 Å². The first-order chi connectivity index (χ1) is 22.6. The minimum absolute atomic E-state index is 0.192. The minimum Gasteiger partial charge on any atom is -0.381 e. The smallest absolute Gasteiger partial charge is 0.381 e. The van der Waals surface area contributed by atoms with Gasteiger partial charge in [-0.1, -0.05) is 13.0 Å². The Morgan fingerprint density at radius 3 is 2.48 bits per heavy atom. The predicted molar refractivity (Wildman–Crippen MR) is 169 cm³/mol. The van der Waals surface area contributed by atoms with Gasteiger partial charge < -0.3 is 21.1 Å². The Kier molecular flexibility index (Phi) is 9.54. The van der Waals surface area contributed by atoms with Crippen LogP contribution in [0.15, 0.2) is 71.8 Å². The Hall–Kier alpha value is -4.54. The standard InChI is InChI=1S/C32H34F4N6O5S/c1-3-40(48(46,47)24-11-9-22(33)10-12-24)19-31(45,32(34,35)36)18-38-26-14-20(2)15-28-25(26)17-39-42(28)23-7-4-6-21(16-23)30(44)41-13-5-8-27(41)29(37)43/h4,6-7,9-12,14-17,27,38,45H,3,5,8,13,18-19H2,1-2H3,(H2,37,43)/t27-,31?/m1/s1. The topological polar surface area (TPSA) is 151 Å². The summed E-state index contributed by atoms with van der Waals surface area (Å²) in [5, 5.41) is 18.4. The molecule has 1 fully saturated rings. The van der Waals surface area contributed by atoms with Gasteiger partial charge in [0.15, 0.2) is 5.60 Å². The fraction of sp³-hybridized carbons (Fsp3) is 0.344. The molecule has 3 aromatic carbocycles. The van der Waals surface area contributed by atoms with Crippen molar-refractivity contribution in [3.05, 3.63) is 83.8 Å². The number of benzene rings is 3. The van der Waals surface area contributed by atoms with Crippen LogP contribution in [0.25, 0.3) is 16.6 Å². The second-order valence-electron chi connectivity index (χ2n) is 11.7. The van der Waals surface area contributed by atoms with Gasteiger partial charge in [-0.3, -0.25) is 9.59 Å². The van der Waals surface area contributed by atoms with Crippen molar-refractivity contribution < 1.29 is 40.7 Å². The average Bonchev–Trinajstić information content (AvgIpc) is 3.70. The molecule has 2 heterocycles. The number of carbonyl (C=O) groups excluding carboxylic acids is 2. The lowest BCUT2D eigenvalue weighted by atomic mass is 10.0. The van der Waals surface area contributed by atoms with Crippen molar-refractivity contribution in [1.82, 2.24) is 19.0 Å². The number of carbonyl (C=O) groups is 2. The summed E-state index contributed by atoms with van der Waals surface area (Å²) in [6, 6.07) is 12.8. The largest absolute Gasteiger partial charge is 0.420 e. The van der Waals surface area contributed by atoms with Crippen LogP contribution in [0, 0.1) is 12.7 Å². The highest BCUT2D eigenvalue weighted by Crippen LogP contribution is 2.35. The quantitative estimate of drug-likeness (QED) is 0.202. The Morgan fingerprint density at radius 1 is 1.12 bits per heavy atom. The van der Waals surface area contributed by atoms with Gasteiger partial charge in [-0.25, -0.2) is 17.5 Å². The molecule has 1 aromatic heterocycles. The zero-order valence-electron chi connectivity index (χ0n) is 26.0. The number of nitrogens with zero attached hydrogens (tertiary/aromatic N) is 4. The van der Waals surface area contributed by atoms with Gasteiger partial charge in [-0.15, -0.1) is 0 Å². The van der Waals surface area contributed by atoms with E-state index in [0.29, 0.717) is 51.4 Å². The number of aryl methyl sites for hydroxylation is 1. The van der Waals surface area contributed by atoms with E-state index in [9.17, 15) is 40.7 Å². The molecule has 0 saturated carbocycles. The van der Waals surface area contributed by atoms with Crippen LogP contribution in [-0.4, -0.2) is 88.3 Å². The molecule has 1 aliphatic rings. The summed E-state index contributed by atoms with van der Waals surface area (Å²) < 4.78 is 84.9. The Bertz CT molecular complexity index is 1950. The molecule has 4 aromatic rings. The number of halogens is 4. The van der Waals surface area contributed by atoms with E-state index in [2.05, 4.69) is 10.4 Å². The Balaban J connectivity index is 1.43. The van der Waals surface area contributed by atoms with E-state index in [0.717, 1.165) is 24.3 Å². The number of aliphatic hydroxyl groups is 1. The van der Waals surface area contributed by atoms with Crippen LogP contribution in [0.5, 0.6) is 0 Å². The molecule has 16 heteroatoms. The minimum atomic E-state index is -5.26. The van der Waals surface area contributed by atoms with Crippen LogP contribution >= 0.6 is 0 Å². The van der Waals surface area contributed by atoms with Crippen molar-refractivity contribution in [3.63, 3.8) is 0 Å². The number of likely N-dealkylation sites (N-methyl/N-ethyl adjacent to an activating group) is 1. The highest BCUT2D eigenvalue weighted by molar-refractivity contribution is 7.89. The molecule has 2 atom stereocenters. The monoisotopic (exact) mass is 690 g/mol. The van der Waals surface area contributed by atoms with Gasteiger partial charge >= 0.3 is 6.18 Å². The van der Waals surface area contributed by atoms with E-state index >= 15 is 0 Å². The maximum atomic E-state index is 14.4. The molecule has 1 unspecified atom stereocenters. The number of likely N-dealkylation sites (tertiary alicyclic amines) is 1. The van der Waals surface area contributed by atoms with Crippen molar-refractivity contribution in [2.45, 2.75) is 49.4 Å².